The van der Waals surface area contributed by atoms with E-state index in [4.69, 9.17) is 11.6 Å². The van der Waals surface area contributed by atoms with Crippen LogP contribution in [0.3, 0.4) is 0 Å². The number of carboxylic acid groups (broad SMARTS) is 1. The van der Waals surface area contributed by atoms with Crippen LogP contribution in [0.25, 0.3) is 0 Å². The summed E-state index contributed by atoms with van der Waals surface area (Å²) >= 11 is 9.33. The summed E-state index contributed by atoms with van der Waals surface area (Å²) in [5.41, 5.74) is 0.405. The van der Waals surface area contributed by atoms with Crippen LogP contribution in [0.1, 0.15) is 36.0 Å². The number of halogens is 2. The Kier molecular flexibility index (Phi) is 5.65. The molecule has 2 unspecified atom stereocenters. The van der Waals surface area contributed by atoms with Crippen molar-refractivity contribution in [2.45, 2.75) is 25.7 Å². The standard InChI is InChI=1S/C15H17BrClNO3/c16-10-5-6-12(13(17)7-10)14(19)18-8-9-3-1-2-4-11(9)15(20)21/h5-7,9,11H,1-4,8H2,(H,18,19)(H,20,21). The SMILES string of the molecule is O=C(NCC1CCCCC1C(=O)O)c1ccc(Br)cc1Cl. The lowest BCUT2D eigenvalue weighted by Crippen LogP contribution is -2.37. The summed E-state index contributed by atoms with van der Waals surface area (Å²) in [6.45, 7) is 0.377. The Bertz CT molecular complexity index is 550. The highest BCUT2D eigenvalue weighted by atomic mass is 79.9. The number of rotatable bonds is 4. The van der Waals surface area contributed by atoms with Gasteiger partial charge in [-0.3, -0.25) is 9.59 Å². The molecule has 0 spiro atoms. The Balaban J connectivity index is 1.98. The van der Waals surface area contributed by atoms with Gasteiger partial charge in [0.15, 0.2) is 0 Å². The van der Waals surface area contributed by atoms with Gasteiger partial charge < -0.3 is 10.4 Å². The first-order valence-electron chi connectivity index (χ1n) is 6.95. The molecule has 1 saturated carbocycles. The van der Waals surface area contributed by atoms with Crippen LogP contribution in [0.4, 0.5) is 0 Å². The fraction of sp³-hybridized carbons (Fsp3) is 0.467. The van der Waals surface area contributed by atoms with Gasteiger partial charge in [-0.25, -0.2) is 0 Å². The second kappa shape index (κ2) is 7.27. The monoisotopic (exact) mass is 373 g/mol. The molecule has 1 aromatic rings. The van der Waals surface area contributed by atoms with Crippen molar-refractivity contribution in [1.29, 1.82) is 0 Å². The van der Waals surface area contributed by atoms with Crippen LogP contribution in [-0.4, -0.2) is 23.5 Å². The van der Waals surface area contributed by atoms with Gasteiger partial charge in [-0.15, -0.1) is 0 Å². The second-order valence-electron chi connectivity index (χ2n) is 5.32. The molecule has 6 heteroatoms. The zero-order valence-electron chi connectivity index (χ0n) is 11.4. The van der Waals surface area contributed by atoms with Crippen LogP contribution in [0.2, 0.25) is 5.02 Å². The number of carbonyl (C=O) groups excluding carboxylic acids is 1. The molecule has 114 valence electrons. The van der Waals surface area contributed by atoms with Gasteiger partial charge >= 0.3 is 5.97 Å². The summed E-state index contributed by atoms with van der Waals surface area (Å²) < 4.78 is 0.808. The van der Waals surface area contributed by atoms with E-state index in [1.165, 1.54) is 0 Å². The average Bonchev–Trinajstić information content (AvgIpc) is 2.45. The van der Waals surface area contributed by atoms with Crippen molar-refractivity contribution in [2.75, 3.05) is 6.54 Å². The molecule has 0 aromatic heterocycles. The molecule has 0 bridgehead atoms. The molecule has 21 heavy (non-hydrogen) atoms. The van der Waals surface area contributed by atoms with Gasteiger partial charge in [-0.05, 0) is 37.0 Å². The highest BCUT2D eigenvalue weighted by Crippen LogP contribution is 2.30. The lowest BCUT2D eigenvalue weighted by atomic mass is 9.79. The van der Waals surface area contributed by atoms with E-state index >= 15 is 0 Å². The molecular weight excluding hydrogens is 358 g/mol. The van der Waals surface area contributed by atoms with Crippen LogP contribution in [0.15, 0.2) is 22.7 Å². The lowest BCUT2D eigenvalue weighted by Gasteiger charge is -2.28. The Morgan fingerprint density at radius 1 is 1.33 bits per heavy atom. The molecule has 0 radical (unpaired) electrons. The van der Waals surface area contributed by atoms with Crippen LogP contribution in [0, 0.1) is 11.8 Å². The third kappa shape index (κ3) is 4.20. The van der Waals surface area contributed by atoms with Gasteiger partial charge in [-0.2, -0.15) is 0 Å². The molecule has 2 N–H and O–H groups in total. The summed E-state index contributed by atoms with van der Waals surface area (Å²) in [6.07, 6.45) is 3.49. The molecular formula is C15H17BrClNO3. The van der Waals surface area contributed by atoms with Crippen LogP contribution in [-0.2, 0) is 4.79 Å². The maximum absolute atomic E-state index is 12.1. The second-order valence-corrected chi connectivity index (χ2v) is 6.65. The number of carbonyl (C=O) groups is 2. The molecule has 1 amide bonds. The molecule has 1 fully saturated rings. The van der Waals surface area contributed by atoms with Crippen LogP contribution >= 0.6 is 27.5 Å². The number of aliphatic carboxylic acids is 1. The third-order valence-corrected chi connectivity index (χ3v) is 4.73. The first-order chi connectivity index (χ1) is 9.99. The third-order valence-electron chi connectivity index (χ3n) is 3.93. The predicted molar refractivity (Wildman–Crippen MR) is 84.6 cm³/mol. The summed E-state index contributed by atoms with van der Waals surface area (Å²) in [5, 5.41) is 12.4. The van der Waals surface area contributed by atoms with E-state index < -0.39 is 5.97 Å². The van der Waals surface area contributed by atoms with E-state index in [9.17, 15) is 14.7 Å². The van der Waals surface area contributed by atoms with E-state index in [-0.39, 0.29) is 17.7 Å². The highest BCUT2D eigenvalue weighted by molar-refractivity contribution is 9.10. The largest absolute Gasteiger partial charge is 0.481 e. The van der Waals surface area contributed by atoms with Crippen molar-refractivity contribution in [1.82, 2.24) is 5.32 Å². The number of carboxylic acids is 1. The lowest BCUT2D eigenvalue weighted by molar-refractivity contribution is -0.144. The Morgan fingerprint density at radius 2 is 2.05 bits per heavy atom. The van der Waals surface area contributed by atoms with Crippen molar-refractivity contribution in [3.63, 3.8) is 0 Å². The Hall–Kier alpha value is -1.07. The fourth-order valence-electron chi connectivity index (χ4n) is 2.77. The van der Waals surface area contributed by atoms with Gasteiger partial charge in [0, 0.05) is 11.0 Å². The number of amides is 1. The molecule has 4 nitrogen and oxygen atoms in total. The number of hydrogen-bond donors (Lipinski definition) is 2. The predicted octanol–water partition coefficient (Wildman–Crippen LogP) is 3.72. The van der Waals surface area contributed by atoms with Crippen LogP contribution < -0.4 is 5.32 Å². The van der Waals surface area contributed by atoms with Crippen molar-refractivity contribution >= 4 is 39.4 Å². The average molecular weight is 375 g/mol. The summed E-state index contributed by atoms with van der Waals surface area (Å²) in [6, 6.07) is 5.07. The van der Waals surface area contributed by atoms with Crippen molar-refractivity contribution in [3.8, 4) is 0 Å². The van der Waals surface area contributed by atoms with Gasteiger partial charge in [0.1, 0.15) is 0 Å². The van der Waals surface area contributed by atoms with E-state index in [0.29, 0.717) is 23.6 Å². The van der Waals surface area contributed by atoms with Gasteiger partial charge in [0.05, 0.1) is 16.5 Å². The minimum atomic E-state index is -0.768. The Labute approximate surface area is 137 Å². The maximum atomic E-state index is 12.1. The molecule has 0 saturated heterocycles. The number of hydrogen-bond acceptors (Lipinski definition) is 2. The van der Waals surface area contributed by atoms with E-state index in [0.717, 1.165) is 23.7 Å². The van der Waals surface area contributed by atoms with Crippen molar-refractivity contribution in [3.05, 3.63) is 33.3 Å². The zero-order valence-corrected chi connectivity index (χ0v) is 13.8. The molecule has 2 atom stereocenters. The van der Waals surface area contributed by atoms with E-state index in [1.54, 1.807) is 18.2 Å². The minimum absolute atomic E-state index is 0.00516. The first kappa shape index (κ1) is 16.3. The molecule has 0 aliphatic heterocycles. The number of nitrogens with one attached hydrogen (secondary N) is 1. The molecule has 1 aromatic carbocycles. The van der Waals surface area contributed by atoms with Gasteiger partial charge in [0.2, 0.25) is 0 Å². The number of benzene rings is 1. The zero-order chi connectivity index (χ0) is 15.4. The van der Waals surface area contributed by atoms with Crippen molar-refractivity contribution in [2.24, 2.45) is 11.8 Å². The summed E-state index contributed by atoms with van der Waals surface area (Å²) in [4.78, 5) is 23.4. The van der Waals surface area contributed by atoms with Gasteiger partial charge in [-0.1, -0.05) is 40.4 Å². The topological polar surface area (TPSA) is 66.4 Å². The summed E-state index contributed by atoms with van der Waals surface area (Å²) in [5.74, 6) is -1.40. The molecule has 0 heterocycles. The van der Waals surface area contributed by atoms with E-state index in [2.05, 4.69) is 21.2 Å². The Morgan fingerprint density at radius 3 is 2.71 bits per heavy atom. The molecule has 1 aliphatic carbocycles. The fourth-order valence-corrected chi connectivity index (χ4v) is 3.53. The quantitative estimate of drug-likeness (QED) is 0.844. The maximum Gasteiger partial charge on any atom is 0.306 e. The molecule has 2 rings (SSSR count). The first-order valence-corrected chi connectivity index (χ1v) is 8.12. The summed E-state index contributed by atoms with van der Waals surface area (Å²) in [7, 11) is 0. The van der Waals surface area contributed by atoms with Crippen LogP contribution in [0.5, 0.6) is 0 Å². The van der Waals surface area contributed by atoms with Gasteiger partial charge in [0.25, 0.3) is 5.91 Å². The van der Waals surface area contributed by atoms with Crippen molar-refractivity contribution < 1.29 is 14.7 Å². The minimum Gasteiger partial charge on any atom is -0.481 e. The highest BCUT2D eigenvalue weighted by Gasteiger charge is 2.30. The smallest absolute Gasteiger partial charge is 0.306 e. The normalized spacial score (nSPS) is 21.8. The molecule has 1 aliphatic rings. The van der Waals surface area contributed by atoms with E-state index in [1.807, 2.05) is 0 Å².